The first-order valence-electron chi connectivity index (χ1n) is 3.32. The minimum Gasteiger partial charge on any atom is -0.492 e. The third-order valence-corrected chi connectivity index (χ3v) is 1.38. The maximum absolute atomic E-state index is 12.9. The molecule has 0 aliphatic heterocycles. The van der Waals surface area contributed by atoms with Gasteiger partial charge >= 0.3 is 5.97 Å². The van der Waals surface area contributed by atoms with Crippen molar-refractivity contribution in [2.45, 2.75) is 5.97 Å². The smallest absolute Gasteiger partial charge is 0.322 e. The molecular formula is C7H8FNO4. The minimum absolute atomic E-state index is 0.145. The van der Waals surface area contributed by atoms with Crippen LogP contribution in [0, 0.1) is 5.82 Å². The summed E-state index contributed by atoms with van der Waals surface area (Å²) in [5, 5.41) is 25.9. The highest BCUT2D eigenvalue weighted by atomic mass is 19.1. The number of rotatable bonds is 2. The van der Waals surface area contributed by atoms with Crippen molar-refractivity contribution in [3.63, 3.8) is 0 Å². The lowest BCUT2D eigenvalue weighted by Crippen LogP contribution is -2.25. The van der Waals surface area contributed by atoms with Gasteiger partial charge in [0.2, 0.25) is 0 Å². The van der Waals surface area contributed by atoms with Gasteiger partial charge in [-0.25, -0.2) is 9.37 Å². The molecular weight excluding hydrogens is 181 g/mol. The fourth-order valence-corrected chi connectivity index (χ4v) is 0.752. The van der Waals surface area contributed by atoms with Crippen molar-refractivity contribution in [1.82, 2.24) is 4.98 Å². The Hall–Kier alpha value is -1.24. The maximum Gasteiger partial charge on any atom is 0.322 e. The monoisotopic (exact) mass is 189 g/mol. The Kier molecular flexibility index (Phi) is 2.46. The predicted octanol–water partition coefficient (Wildman–Crippen LogP) is -0.683. The summed E-state index contributed by atoms with van der Waals surface area (Å²) in [5.74, 6) is -4.12. The summed E-state index contributed by atoms with van der Waals surface area (Å²) in [6, 6.07) is 0.666. The van der Waals surface area contributed by atoms with Gasteiger partial charge in [-0.15, -0.1) is 0 Å². The summed E-state index contributed by atoms with van der Waals surface area (Å²) in [7, 11) is 1.24. The highest BCUT2D eigenvalue weighted by Gasteiger charge is 2.25. The van der Waals surface area contributed by atoms with E-state index in [-0.39, 0.29) is 5.75 Å². The Labute approximate surface area is 73.0 Å². The van der Waals surface area contributed by atoms with E-state index in [1.165, 1.54) is 7.11 Å². The van der Waals surface area contributed by atoms with Crippen LogP contribution in [-0.4, -0.2) is 27.4 Å². The van der Waals surface area contributed by atoms with Crippen LogP contribution >= 0.6 is 0 Å². The zero-order valence-electron chi connectivity index (χ0n) is 6.73. The van der Waals surface area contributed by atoms with E-state index < -0.39 is 17.5 Å². The van der Waals surface area contributed by atoms with E-state index in [0.29, 0.717) is 6.07 Å². The van der Waals surface area contributed by atoms with Crippen LogP contribution in [0.5, 0.6) is 5.75 Å². The molecule has 1 rings (SSSR count). The van der Waals surface area contributed by atoms with Gasteiger partial charge in [0.05, 0.1) is 13.3 Å². The molecule has 1 aromatic rings. The van der Waals surface area contributed by atoms with Crippen molar-refractivity contribution in [1.29, 1.82) is 0 Å². The second-order valence-corrected chi connectivity index (χ2v) is 2.34. The molecule has 1 heterocycles. The first kappa shape index (κ1) is 9.85. The van der Waals surface area contributed by atoms with Crippen molar-refractivity contribution in [3.05, 3.63) is 23.8 Å². The maximum atomic E-state index is 12.9. The van der Waals surface area contributed by atoms with Gasteiger partial charge in [-0.05, 0) is 0 Å². The summed E-state index contributed by atoms with van der Waals surface area (Å²) in [4.78, 5) is 3.37. The summed E-state index contributed by atoms with van der Waals surface area (Å²) >= 11 is 0. The second-order valence-electron chi connectivity index (χ2n) is 2.34. The number of aliphatic hydroxyl groups is 3. The van der Waals surface area contributed by atoms with E-state index in [2.05, 4.69) is 9.72 Å². The molecule has 0 unspecified atom stereocenters. The van der Waals surface area contributed by atoms with Gasteiger partial charge in [-0.2, -0.15) is 0 Å². The van der Waals surface area contributed by atoms with Crippen LogP contribution in [0.15, 0.2) is 12.3 Å². The van der Waals surface area contributed by atoms with Crippen LogP contribution in [0.4, 0.5) is 4.39 Å². The van der Waals surface area contributed by atoms with Gasteiger partial charge in [0.15, 0.2) is 11.6 Å². The normalized spacial score (nSPS) is 11.5. The second kappa shape index (κ2) is 3.25. The average Bonchev–Trinajstić information content (AvgIpc) is 2.02. The van der Waals surface area contributed by atoms with E-state index in [4.69, 9.17) is 15.3 Å². The molecule has 0 fully saturated rings. The molecule has 0 aromatic carbocycles. The van der Waals surface area contributed by atoms with Gasteiger partial charge in [-0.3, -0.25) is 0 Å². The van der Waals surface area contributed by atoms with Crippen molar-refractivity contribution in [2.75, 3.05) is 7.11 Å². The number of halogens is 1. The highest BCUT2D eigenvalue weighted by molar-refractivity contribution is 5.23. The molecule has 0 radical (unpaired) electrons. The molecule has 13 heavy (non-hydrogen) atoms. The Morgan fingerprint density at radius 1 is 1.46 bits per heavy atom. The lowest BCUT2D eigenvalue weighted by atomic mass is 10.3. The Morgan fingerprint density at radius 3 is 2.46 bits per heavy atom. The van der Waals surface area contributed by atoms with Gasteiger partial charge in [-0.1, -0.05) is 0 Å². The van der Waals surface area contributed by atoms with Crippen LogP contribution in [0.2, 0.25) is 0 Å². The van der Waals surface area contributed by atoms with E-state index >= 15 is 0 Å². The molecule has 0 amide bonds. The Morgan fingerprint density at radius 2 is 2.08 bits per heavy atom. The quantitative estimate of drug-likeness (QED) is 0.537. The molecule has 0 saturated carbocycles. The average molecular weight is 189 g/mol. The number of nitrogens with zero attached hydrogens (tertiary/aromatic N) is 1. The Balaban J connectivity index is 3.10. The first-order valence-corrected chi connectivity index (χ1v) is 3.32. The van der Waals surface area contributed by atoms with E-state index in [1.807, 2.05) is 0 Å². The third-order valence-electron chi connectivity index (χ3n) is 1.38. The molecule has 0 spiro atoms. The van der Waals surface area contributed by atoms with Crippen LogP contribution < -0.4 is 4.74 Å². The standard InChI is InChI=1S/C7H8FNO4/c1-13-5-3-9-6(2-4(5)8)7(10,11)12/h2-3,10-12H,1H3. The van der Waals surface area contributed by atoms with E-state index in [1.54, 1.807) is 0 Å². The number of hydrogen-bond acceptors (Lipinski definition) is 5. The fourth-order valence-electron chi connectivity index (χ4n) is 0.752. The SMILES string of the molecule is COc1cnc(C(O)(O)O)cc1F. The molecule has 0 aliphatic carbocycles. The topological polar surface area (TPSA) is 82.8 Å². The van der Waals surface area contributed by atoms with E-state index in [9.17, 15) is 4.39 Å². The molecule has 1 aromatic heterocycles. The molecule has 0 bridgehead atoms. The van der Waals surface area contributed by atoms with Gasteiger partial charge < -0.3 is 20.1 Å². The van der Waals surface area contributed by atoms with Crippen molar-refractivity contribution in [3.8, 4) is 5.75 Å². The van der Waals surface area contributed by atoms with Gasteiger partial charge in [0, 0.05) is 6.07 Å². The van der Waals surface area contributed by atoms with Gasteiger partial charge in [0.25, 0.3) is 0 Å². The fraction of sp³-hybridized carbons (Fsp3) is 0.286. The highest BCUT2D eigenvalue weighted by Crippen LogP contribution is 2.19. The zero-order chi connectivity index (χ0) is 10.1. The molecule has 72 valence electrons. The molecule has 6 heteroatoms. The van der Waals surface area contributed by atoms with Crippen molar-refractivity contribution in [2.24, 2.45) is 0 Å². The third kappa shape index (κ3) is 2.11. The number of ether oxygens (including phenoxy) is 1. The zero-order valence-corrected chi connectivity index (χ0v) is 6.73. The molecule has 5 nitrogen and oxygen atoms in total. The summed E-state index contributed by atoms with van der Waals surface area (Å²) in [6.07, 6.45) is 0.933. The minimum atomic E-state index is -3.13. The lowest BCUT2D eigenvalue weighted by Gasteiger charge is -2.13. The molecule has 3 N–H and O–H groups in total. The number of aromatic nitrogens is 1. The molecule has 0 aliphatic rings. The van der Waals surface area contributed by atoms with Crippen LogP contribution in [0.3, 0.4) is 0 Å². The summed E-state index contributed by atoms with van der Waals surface area (Å²) in [5.41, 5.74) is -0.606. The summed E-state index contributed by atoms with van der Waals surface area (Å²) < 4.78 is 17.4. The van der Waals surface area contributed by atoms with Crippen LogP contribution in [0.25, 0.3) is 0 Å². The van der Waals surface area contributed by atoms with Crippen molar-refractivity contribution >= 4 is 0 Å². The lowest BCUT2D eigenvalue weighted by molar-refractivity contribution is -0.326. The van der Waals surface area contributed by atoms with Crippen LogP contribution in [-0.2, 0) is 5.97 Å². The predicted molar refractivity (Wildman–Crippen MR) is 39.1 cm³/mol. The van der Waals surface area contributed by atoms with Crippen molar-refractivity contribution < 1.29 is 24.4 Å². The number of hydrogen-bond donors (Lipinski definition) is 3. The molecule has 0 saturated heterocycles. The first-order chi connectivity index (χ1) is 5.95. The number of methoxy groups -OCH3 is 1. The Bertz CT molecular complexity index is 310. The van der Waals surface area contributed by atoms with E-state index in [0.717, 1.165) is 6.20 Å². The summed E-state index contributed by atoms with van der Waals surface area (Å²) in [6.45, 7) is 0. The van der Waals surface area contributed by atoms with Gasteiger partial charge in [0.1, 0.15) is 5.69 Å². The molecule has 0 atom stereocenters. The largest absolute Gasteiger partial charge is 0.492 e. The van der Waals surface area contributed by atoms with Crippen LogP contribution in [0.1, 0.15) is 5.69 Å². The number of pyridine rings is 1.